The largest absolute Gasteiger partial charge is 0.439 e. The molecule has 9 heteroatoms. The van der Waals surface area contributed by atoms with E-state index in [0.29, 0.717) is 49.3 Å². The van der Waals surface area contributed by atoms with Gasteiger partial charge in [0, 0.05) is 19.1 Å². The summed E-state index contributed by atoms with van der Waals surface area (Å²) in [6, 6.07) is 3.93. The third-order valence-electron chi connectivity index (χ3n) is 4.73. The van der Waals surface area contributed by atoms with Crippen LogP contribution in [-0.4, -0.2) is 47.6 Å². The van der Waals surface area contributed by atoms with Crippen LogP contribution in [0.2, 0.25) is 5.15 Å². The molecule has 0 spiro atoms. The van der Waals surface area contributed by atoms with E-state index in [0.717, 1.165) is 0 Å². The van der Waals surface area contributed by atoms with Gasteiger partial charge in [-0.1, -0.05) is 18.5 Å². The molecule has 1 aromatic rings. The highest BCUT2D eigenvalue weighted by molar-refractivity contribution is 6.30. The summed E-state index contributed by atoms with van der Waals surface area (Å²) in [4.78, 5) is 30.9. The first kappa shape index (κ1) is 18.0. The normalized spacial score (nSPS) is 17.8. The van der Waals surface area contributed by atoms with Crippen LogP contribution >= 0.6 is 11.6 Å². The molecule has 0 atom stereocenters. The number of nitrogens with zero attached hydrogens (tertiary/aromatic N) is 5. The Morgan fingerprint density at radius 2 is 1.88 bits per heavy atom. The Balaban J connectivity index is 1.85. The Morgan fingerprint density at radius 3 is 2.38 bits per heavy atom. The summed E-state index contributed by atoms with van der Waals surface area (Å²) in [5.41, 5.74) is 1.17. The van der Waals surface area contributed by atoms with Crippen LogP contribution in [0.4, 0.5) is 10.6 Å². The first-order valence-electron chi connectivity index (χ1n) is 8.28. The van der Waals surface area contributed by atoms with Gasteiger partial charge in [-0.2, -0.15) is 10.5 Å². The van der Waals surface area contributed by atoms with Crippen molar-refractivity contribution in [1.82, 2.24) is 9.88 Å². The predicted molar refractivity (Wildman–Crippen MR) is 91.5 cm³/mol. The number of amides is 2. The van der Waals surface area contributed by atoms with Crippen LogP contribution in [0.15, 0.2) is 0 Å². The van der Waals surface area contributed by atoms with Crippen LogP contribution in [0.5, 0.6) is 0 Å². The molecule has 0 saturated carbocycles. The number of hydrogen-bond donors (Lipinski definition) is 0. The number of ether oxygens (including phenoxy) is 1. The third kappa shape index (κ3) is 2.93. The average Bonchev–Trinajstić information content (AvgIpc) is 2.99. The molecule has 1 aromatic heterocycles. The van der Waals surface area contributed by atoms with Crippen LogP contribution in [0.1, 0.15) is 36.5 Å². The SMILES string of the molecule is CCc1c(C#N)c(Cl)nc(N2CCC(N3C(=O)COC3=O)CC2)c1C#N. The van der Waals surface area contributed by atoms with Gasteiger partial charge >= 0.3 is 6.09 Å². The highest BCUT2D eigenvalue weighted by Gasteiger charge is 2.39. The standard InChI is InChI=1S/C17H16ClN5O3/c1-2-11-12(7-19)15(18)21-16(13(11)8-20)22-5-3-10(4-6-22)23-14(24)9-26-17(23)25/h10H,2-6,9H2,1H3. The van der Waals surface area contributed by atoms with Crippen LogP contribution in [0.3, 0.4) is 0 Å². The quantitative estimate of drug-likeness (QED) is 0.745. The van der Waals surface area contributed by atoms with E-state index in [-0.39, 0.29) is 29.3 Å². The number of pyridine rings is 1. The van der Waals surface area contributed by atoms with Crippen LogP contribution in [0.25, 0.3) is 0 Å². The second-order valence-electron chi connectivity index (χ2n) is 6.07. The molecule has 3 heterocycles. The van der Waals surface area contributed by atoms with Gasteiger partial charge < -0.3 is 9.64 Å². The molecular weight excluding hydrogens is 358 g/mol. The van der Waals surface area contributed by atoms with Crippen molar-refractivity contribution >= 4 is 29.4 Å². The van der Waals surface area contributed by atoms with Gasteiger partial charge in [0.15, 0.2) is 6.61 Å². The highest BCUT2D eigenvalue weighted by Crippen LogP contribution is 2.31. The maximum absolute atomic E-state index is 11.8. The van der Waals surface area contributed by atoms with Crippen LogP contribution in [-0.2, 0) is 16.0 Å². The zero-order valence-corrected chi connectivity index (χ0v) is 14.9. The fraction of sp³-hybridized carbons (Fsp3) is 0.471. The van der Waals surface area contributed by atoms with E-state index in [1.165, 1.54) is 4.90 Å². The van der Waals surface area contributed by atoms with E-state index in [9.17, 15) is 20.1 Å². The monoisotopic (exact) mass is 373 g/mol. The molecule has 2 aliphatic heterocycles. The molecule has 0 aliphatic carbocycles. The minimum absolute atomic E-state index is 0.0822. The van der Waals surface area contributed by atoms with Crippen molar-refractivity contribution in [2.24, 2.45) is 0 Å². The van der Waals surface area contributed by atoms with Crippen LogP contribution < -0.4 is 4.90 Å². The molecule has 0 bridgehead atoms. The van der Waals surface area contributed by atoms with Gasteiger partial charge in [-0.15, -0.1) is 0 Å². The lowest BCUT2D eigenvalue weighted by Gasteiger charge is -2.36. The first-order valence-corrected chi connectivity index (χ1v) is 8.65. The predicted octanol–water partition coefficient (Wildman–Crippen LogP) is 1.99. The van der Waals surface area contributed by atoms with Gasteiger partial charge in [0.25, 0.3) is 5.91 Å². The minimum atomic E-state index is -0.598. The van der Waals surface area contributed by atoms with Gasteiger partial charge in [-0.25, -0.2) is 14.7 Å². The zero-order chi connectivity index (χ0) is 18.8. The van der Waals surface area contributed by atoms with E-state index >= 15 is 0 Å². The van der Waals surface area contributed by atoms with Gasteiger partial charge in [0.05, 0.1) is 11.1 Å². The Morgan fingerprint density at radius 1 is 1.23 bits per heavy atom. The number of carbonyl (C=O) groups excluding carboxylic acids is 2. The number of anilines is 1. The molecule has 0 N–H and O–H groups in total. The van der Waals surface area contributed by atoms with Gasteiger partial charge in [0.1, 0.15) is 23.1 Å². The maximum Gasteiger partial charge on any atom is 0.417 e. The van der Waals surface area contributed by atoms with E-state index in [4.69, 9.17) is 16.3 Å². The van der Waals surface area contributed by atoms with Crippen molar-refractivity contribution in [3.05, 3.63) is 21.8 Å². The molecule has 134 valence electrons. The van der Waals surface area contributed by atoms with E-state index in [1.54, 1.807) is 0 Å². The van der Waals surface area contributed by atoms with Crippen molar-refractivity contribution in [2.45, 2.75) is 32.2 Å². The lowest BCUT2D eigenvalue weighted by atomic mass is 9.99. The second kappa shape index (κ2) is 7.19. The molecule has 2 fully saturated rings. The Labute approximate surface area is 155 Å². The van der Waals surface area contributed by atoms with Crippen molar-refractivity contribution in [2.75, 3.05) is 24.6 Å². The lowest BCUT2D eigenvalue weighted by Crippen LogP contribution is -2.47. The highest BCUT2D eigenvalue weighted by atomic mass is 35.5. The number of imide groups is 1. The topological polar surface area (TPSA) is 110 Å². The number of halogens is 1. The second-order valence-corrected chi connectivity index (χ2v) is 6.43. The van der Waals surface area contributed by atoms with Crippen molar-refractivity contribution < 1.29 is 14.3 Å². The Hall–Kier alpha value is -2.84. The number of hydrogen-bond acceptors (Lipinski definition) is 7. The number of rotatable bonds is 3. The summed E-state index contributed by atoms with van der Waals surface area (Å²) in [5, 5.41) is 18.9. The minimum Gasteiger partial charge on any atom is -0.439 e. The Bertz CT molecular complexity index is 833. The third-order valence-corrected chi connectivity index (χ3v) is 5.00. The number of carbonyl (C=O) groups is 2. The van der Waals surface area contributed by atoms with E-state index < -0.39 is 6.09 Å². The summed E-state index contributed by atoms with van der Waals surface area (Å²) >= 11 is 6.15. The molecule has 26 heavy (non-hydrogen) atoms. The number of aromatic nitrogens is 1. The van der Waals surface area contributed by atoms with Gasteiger partial charge in [-0.3, -0.25) is 4.79 Å². The average molecular weight is 374 g/mol. The van der Waals surface area contributed by atoms with Gasteiger partial charge in [-0.05, 0) is 24.8 Å². The number of piperidine rings is 1. The smallest absolute Gasteiger partial charge is 0.417 e. The molecular formula is C17H16ClN5O3. The molecule has 3 rings (SSSR count). The summed E-state index contributed by atoms with van der Waals surface area (Å²) in [7, 11) is 0. The molecule has 0 unspecified atom stereocenters. The van der Waals surface area contributed by atoms with Crippen LogP contribution in [0, 0.1) is 22.7 Å². The zero-order valence-electron chi connectivity index (χ0n) is 14.2. The molecule has 0 aromatic carbocycles. The number of cyclic esters (lactones) is 1. The van der Waals surface area contributed by atoms with Crippen molar-refractivity contribution in [1.29, 1.82) is 10.5 Å². The number of nitriles is 2. The summed E-state index contributed by atoms with van der Waals surface area (Å²) < 4.78 is 4.77. The fourth-order valence-electron chi connectivity index (χ4n) is 3.46. The van der Waals surface area contributed by atoms with E-state index in [2.05, 4.69) is 11.1 Å². The van der Waals surface area contributed by atoms with Gasteiger partial charge in [0.2, 0.25) is 0 Å². The van der Waals surface area contributed by atoms with Crippen molar-refractivity contribution in [3.63, 3.8) is 0 Å². The first-order chi connectivity index (χ1) is 12.5. The summed E-state index contributed by atoms with van der Waals surface area (Å²) in [6.45, 7) is 2.67. The summed E-state index contributed by atoms with van der Waals surface area (Å²) in [5.74, 6) is 0.126. The summed E-state index contributed by atoms with van der Waals surface area (Å²) in [6.07, 6.45) is 0.990. The van der Waals surface area contributed by atoms with Crippen molar-refractivity contribution in [3.8, 4) is 12.1 Å². The molecule has 2 aliphatic rings. The fourth-order valence-corrected chi connectivity index (χ4v) is 3.69. The van der Waals surface area contributed by atoms with E-state index in [1.807, 2.05) is 17.9 Å². The molecule has 2 amide bonds. The molecule has 8 nitrogen and oxygen atoms in total. The molecule has 0 radical (unpaired) electrons. The Kier molecular flexibility index (Phi) is 4.97. The molecule has 2 saturated heterocycles. The maximum atomic E-state index is 11.8. The lowest BCUT2D eigenvalue weighted by molar-refractivity contribution is -0.127.